The summed E-state index contributed by atoms with van der Waals surface area (Å²) in [5.74, 6) is -0.200. The molecule has 1 fully saturated rings. The minimum Gasteiger partial charge on any atom is -0.344 e. The Morgan fingerprint density at radius 2 is 2.06 bits per heavy atom. The molecule has 4 nitrogen and oxygen atoms in total. The molecular formula is C13H17BrN2O2. The van der Waals surface area contributed by atoms with Crippen molar-refractivity contribution in [2.24, 2.45) is 0 Å². The van der Waals surface area contributed by atoms with E-state index in [1.54, 1.807) is 12.1 Å². The van der Waals surface area contributed by atoms with Crippen molar-refractivity contribution in [3.05, 3.63) is 34.2 Å². The number of hydrogen-bond donors (Lipinski definition) is 2. The molecular weight excluding hydrogens is 296 g/mol. The van der Waals surface area contributed by atoms with Crippen molar-refractivity contribution in [1.29, 1.82) is 0 Å². The molecule has 1 aliphatic rings. The summed E-state index contributed by atoms with van der Waals surface area (Å²) in [7, 11) is 0. The Bertz CT molecular complexity index is 478. The van der Waals surface area contributed by atoms with E-state index >= 15 is 0 Å². The van der Waals surface area contributed by atoms with E-state index in [0.29, 0.717) is 5.69 Å². The molecule has 98 valence electrons. The van der Waals surface area contributed by atoms with E-state index < -0.39 is 0 Å². The second kappa shape index (κ2) is 5.69. The summed E-state index contributed by atoms with van der Waals surface area (Å²) >= 11 is 3.50. The van der Waals surface area contributed by atoms with Crippen LogP contribution in [0.5, 0.6) is 0 Å². The summed E-state index contributed by atoms with van der Waals surface area (Å²) in [5, 5.41) is 3.82. The number of halogens is 1. The predicted molar refractivity (Wildman–Crippen MR) is 74.1 cm³/mol. The van der Waals surface area contributed by atoms with Gasteiger partial charge in [-0.1, -0.05) is 41.3 Å². The predicted octanol–water partition coefficient (Wildman–Crippen LogP) is 2.20. The summed E-state index contributed by atoms with van der Waals surface area (Å²) in [6.07, 6.45) is 5.48. The Balaban J connectivity index is 2.12. The van der Waals surface area contributed by atoms with E-state index in [2.05, 4.69) is 26.2 Å². The lowest BCUT2D eigenvalue weighted by atomic mass is 9.83. The van der Waals surface area contributed by atoms with Gasteiger partial charge in [0.2, 0.25) is 5.56 Å². The highest BCUT2D eigenvalue weighted by Crippen LogP contribution is 2.29. The molecule has 0 spiro atoms. The number of hydrogen-bond acceptors (Lipinski definition) is 2. The van der Waals surface area contributed by atoms with Gasteiger partial charge in [-0.2, -0.15) is 0 Å². The van der Waals surface area contributed by atoms with Crippen LogP contribution >= 0.6 is 15.9 Å². The lowest BCUT2D eigenvalue weighted by Gasteiger charge is -2.36. The van der Waals surface area contributed by atoms with E-state index in [1.807, 2.05) is 0 Å². The first-order valence-electron chi connectivity index (χ1n) is 6.23. The number of pyridine rings is 1. The second-order valence-corrected chi connectivity index (χ2v) is 5.42. The fraction of sp³-hybridized carbons (Fsp3) is 0.538. The summed E-state index contributed by atoms with van der Waals surface area (Å²) in [6.45, 7) is 0. The molecule has 1 aliphatic carbocycles. The van der Waals surface area contributed by atoms with Crippen LogP contribution in [0.2, 0.25) is 0 Å². The van der Waals surface area contributed by atoms with Gasteiger partial charge < -0.3 is 10.3 Å². The Morgan fingerprint density at radius 1 is 1.33 bits per heavy atom. The van der Waals surface area contributed by atoms with Crippen LogP contribution in [0.1, 0.15) is 42.6 Å². The molecule has 0 bridgehead atoms. The number of amides is 1. The first kappa shape index (κ1) is 13.3. The quantitative estimate of drug-likeness (QED) is 0.841. The molecule has 1 aromatic rings. The largest absolute Gasteiger partial charge is 0.344 e. The highest BCUT2D eigenvalue weighted by molar-refractivity contribution is 9.09. The smallest absolute Gasteiger partial charge is 0.268 e. The van der Waals surface area contributed by atoms with Gasteiger partial charge in [0.15, 0.2) is 0 Å². The van der Waals surface area contributed by atoms with Gasteiger partial charge in [-0.3, -0.25) is 9.59 Å². The summed E-state index contributed by atoms with van der Waals surface area (Å²) in [4.78, 5) is 25.9. The molecule has 0 unspecified atom stereocenters. The summed E-state index contributed by atoms with van der Waals surface area (Å²) < 4.78 is 0. The van der Waals surface area contributed by atoms with E-state index in [-0.39, 0.29) is 17.0 Å². The molecule has 5 heteroatoms. The Kier molecular flexibility index (Phi) is 4.22. The third-order valence-corrected chi connectivity index (χ3v) is 4.53. The highest BCUT2D eigenvalue weighted by Gasteiger charge is 2.32. The van der Waals surface area contributed by atoms with Crippen molar-refractivity contribution in [3.8, 4) is 0 Å². The number of rotatable bonds is 3. The van der Waals surface area contributed by atoms with Gasteiger partial charge in [-0.25, -0.2) is 0 Å². The van der Waals surface area contributed by atoms with Crippen molar-refractivity contribution in [2.45, 2.75) is 37.6 Å². The molecule has 2 N–H and O–H groups in total. The van der Waals surface area contributed by atoms with Crippen LogP contribution in [0, 0.1) is 0 Å². The summed E-state index contributed by atoms with van der Waals surface area (Å²) in [6, 6.07) is 4.62. The van der Waals surface area contributed by atoms with E-state index in [4.69, 9.17) is 0 Å². The summed E-state index contributed by atoms with van der Waals surface area (Å²) in [5.41, 5.74) is -0.0882. The van der Waals surface area contributed by atoms with Crippen LogP contribution in [0.3, 0.4) is 0 Å². The zero-order valence-corrected chi connectivity index (χ0v) is 11.8. The van der Waals surface area contributed by atoms with Gasteiger partial charge in [-0.05, 0) is 18.9 Å². The molecule has 0 atom stereocenters. The fourth-order valence-electron chi connectivity index (χ4n) is 2.41. The lowest BCUT2D eigenvalue weighted by Crippen LogP contribution is -2.51. The van der Waals surface area contributed by atoms with Gasteiger partial charge in [0.05, 0.1) is 5.54 Å². The zero-order chi connectivity index (χ0) is 13.0. The minimum atomic E-state index is -0.251. The molecule has 1 amide bonds. The average molecular weight is 313 g/mol. The molecule has 18 heavy (non-hydrogen) atoms. The fourth-order valence-corrected chi connectivity index (χ4v) is 3.11. The van der Waals surface area contributed by atoms with Crippen LogP contribution in [0.15, 0.2) is 23.0 Å². The Morgan fingerprint density at radius 3 is 2.67 bits per heavy atom. The van der Waals surface area contributed by atoms with Crippen LogP contribution < -0.4 is 10.9 Å². The van der Waals surface area contributed by atoms with Crippen LogP contribution in [-0.4, -0.2) is 21.8 Å². The van der Waals surface area contributed by atoms with E-state index in [9.17, 15) is 9.59 Å². The first-order chi connectivity index (χ1) is 8.65. The van der Waals surface area contributed by atoms with Crippen molar-refractivity contribution in [2.75, 3.05) is 5.33 Å². The maximum Gasteiger partial charge on any atom is 0.268 e. The monoisotopic (exact) mass is 312 g/mol. The SMILES string of the molecule is O=C(NC1(CBr)CCCCC1)c1cccc(=O)[nH]1. The number of carbonyl (C=O) groups excluding carboxylic acids is 1. The number of aromatic amines is 1. The third-order valence-electron chi connectivity index (χ3n) is 3.46. The molecule has 1 saturated carbocycles. The maximum atomic E-state index is 12.1. The number of nitrogens with one attached hydrogen (secondary N) is 2. The number of carbonyl (C=O) groups is 1. The van der Waals surface area contributed by atoms with Gasteiger partial charge in [0.1, 0.15) is 5.69 Å². The molecule has 0 aliphatic heterocycles. The Labute approximate surface area is 114 Å². The van der Waals surface area contributed by atoms with Crippen LogP contribution in [-0.2, 0) is 0 Å². The molecule has 0 saturated heterocycles. The standard InChI is InChI=1S/C13H17BrN2O2/c14-9-13(7-2-1-3-8-13)16-12(18)10-5-4-6-11(17)15-10/h4-6H,1-3,7-9H2,(H,15,17)(H,16,18). The number of alkyl halides is 1. The lowest BCUT2D eigenvalue weighted by molar-refractivity contribution is 0.0881. The van der Waals surface area contributed by atoms with Gasteiger partial charge in [0.25, 0.3) is 5.91 Å². The molecule has 1 aromatic heterocycles. The topological polar surface area (TPSA) is 62.0 Å². The highest BCUT2D eigenvalue weighted by atomic mass is 79.9. The van der Waals surface area contributed by atoms with Crippen LogP contribution in [0.25, 0.3) is 0 Å². The van der Waals surface area contributed by atoms with Crippen molar-refractivity contribution in [1.82, 2.24) is 10.3 Å². The van der Waals surface area contributed by atoms with E-state index in [0.717, 1.165) is 31.0 Å². The second-order valence-electron chi connectivity index (χ2n) is 4.86. The number of aromatic nitrogens is 1. The Hall–Kier alpha value is -1.10. The molecule has 1 heterocycles. The normalized spacial score (nSPS) is 18.3. The van der Waals surface area contributed by atoms with Gasteiger partial charge in [0, 0.05) is 11.4 Å². The van der Waals surface area contributed by atoms with Crippen LogP contribution in [0.4, 0.5) is 0 Å². The van der Waals surface area contributed by atoms with Crippen molar-refractivity contribution < 1.29 is 4.79 Å². The van der Waals surface area contributed by atoms with E-state index in [1.165, 1.54) is 12.5 Å². The van der Waals surface area contributed by atoms with Crippen molar-refractivity contribution in [3.63, 3.8) is 0 Å². The molecule has 2 rings (SSSR count). The molecule has 0 radical (unpaired) electrons. The molecule has 0 aromatic carbocycles. The van der Waals surface area contributed by atoms with Crippen molar-refractivity contribution >= 4 is 21.8 Å². The number of H-pyrrole nitrogens is 1. The third kappa shape index (κ3) is 3.02. The first-order valence-corrected chi connectivity index (χ1v) is 7.35. The average Bonchev–Trinajstić information content (AvgIpc) is 2.40. The zero-order valence-electron chi connectivity index (χ0n) is 10.2. The van der Waals surface area contributed by atoms with Gasteiger partial charge >= 0.3 is 0 Å². The van der Waals surface area contributed by atoms with Gasteiger partial charge in [-0.15, -0.1) is 0 Å². The maximum absolute atomic E-state index is 12.1. The minimum absolute atomic E-state index is 0.165.